The predicted molar refractivity (Wildman–Crippen MR) is 65.4 cm³/mol. The summed E-state index contributed by atoms with van der Waals surface area (Å²) in [5, 5.41) is 9.82. The zero-order valence-corrected chi connectivity index (χ0v) is 10.5. The molecule has 20 heavy (non-hydrogen) atoms. The lowest BCUT2D eigenvalue weighted by Gasteiger charge is -2.11. The van der Waals surface area contributed by atoms with Crippen LogP contribution in [0.15, 0.2) is 23.7 Å². The number of amides is 1. The van der Waals surface area contributed by atoms with E-state index in [0.29, 0.717) is 0 Å². The summed E-state index contributed by atoms with van der Waals surface area (Å²) in [5.41, 5.74) is 6.61. The molecule has 0 fully saturated rings. The van der Waals surface area contributed by atoms with Gasteiger partial charge in [-0.25, -0.2) is 0 Å². The number of carbonyl (C=O) groups is 1. The highest BCUT2D eigenvalue weighted by atomic mass is 32.1. The van der Waals surface area contributed by atoms with Gasteiger partial charge in [-0.2, -0.15) is 0 Å². The number of hydrogen-bond acceptors (Lipinski definition) is 6. The van der Waals surface area contributed by atoms with Gasteiger partial charge in [-0.3, -0.25) is 10.1 Å². The van der Waals surface area contributed by atoms with Crippen molar-refractivity contribution in [1.29, 1.82) is 0 Å². The summed E-state index contributed by atoms with van der Waals surface area (Å²) in [7, 11) is 0. The Morgan fingerprint density at radius 1 is 1.40 bits per heavy atom. The fourth-order valence-electron chi connectivity index (χ4n) is 1.30. The maximum atomic E-state index is 12.1. The summed E-state index contributed by atoms with van der Waals surface area (Å²) >= 11 is 1.10. The third-order valence-corrected chi connectivity index (χ3v) is 2.68. The molecule has 0 saturated carbocycles. The summed E-state index contributed by atoms with van der Waals surface area (Å²) < 4.78 is 39.9. The van der Waals surface area contributed by atoms with E-state index in [-0.39, 0.29) is 16.4 Å². The minimum absolute atomic E-state index is 0.0761. The zero-order valence-electron chi connectivity index (χ0n) is 9.64. The van der Waals surface area contributed by atoms with Gasteiger partial charge in [-0.15, -0.1) is 23.4 Å². The van der Waals surface area contributed by atoms with Crippen LogP contribution in [0.2, 0.25) is 0 Å². The number of ether oxygens (including phenoxy) is 1. The Kier molecular flexibility index (Phi) is 3.74. The van der Waals surface area contributed by atoms with Gasteiger partial charge in [0.05, 0.1) is 5.69 Å². The fourth-order valence-corrected chi connectivity index (χ4v) is 1.74. The average Bonchev–Trinajstić information content (AvgIpc) is 2.83. The van der Waals surface area contributed by atoms with Crippen molar-refractivity contribution in [3.05, 3.63) is 29.3 Å². The first-order valence-electron chi connectivity index (χ1n) is 5.08. The summed E-state index contributed by atoms with van der Waals surface area (Å²) in [4.78, 5) is 11.8. The molecule has 1 amide bonds. The second kappa shape index (κ2) is 5.33. The highest BCUT2D eigenvalue weighted by molar-refractivity contribution is 7.13. The maximum Gasteiger partial charge on any atom is 0.573 e. The molecule has 6 nitrogen and oxygen atoms in total. The molecule has 3 N–H and O–H groups in total. The lowest BCUT2D eigenvalue weighted by atomic mass is 10.2. The van der Waals surface area contributed by atoms with Gasteiger partial charge in [0, 0.05) is 5.56 Å². The standard InChI is InChI=1S/C10H7F3N4O2S/c11-10(12,13)19-7-2-1-5(3-6(7)14)8(18)16-9-17-15-4-20-9/h1-4H,14H2,(H,16,17,18). The first kappa shape index (κ1) is 14.1. The molecule has 2 rings (SSSR count). The molecule has 1 heterocycles. The van der Waals surface area contributed by atoms with Crippen molar-refractivity contribution in [2.45, 2.75) is 6.36 Å². The number of nitrogens with one attached hydrogen (secondary N) is 1. The molecule has 0 aliphatic rings. The quantitative estimate of drug-likeness (QED) is 0.849. The van der Waals surface area contributed by atoms with Gasteiger partial charge in [-0.05, 0) is 18.2 Å². The molecule has 106 valence electrons. The Hall–Kier alpha value is -2.36. The molecule has 2 aromatic rings. The van der Waals surface area contributed by atoms with Crippen LogP contribution in [0.3, 0.4) is 0 Å². The number of benzene rings is 1. The molecule has 0 aliphatic heterocycles. The van der Waals surface area contributed by atoms with Crippen molar-refractivity contribution in [1.82, 2.24) is 10.2 Å². The van der Waals surface area contributed by atoms with Gasteiger partial charge in [0.2, 0.25) is 5.13 Å². The Morgan fingerprint density at radius 2 is 2.15 bits per heavy atom. The van der Waals surface area contributed by atoms with Crippen LogP contribution in [0, 0.1) is 0 Å². The molecule has 0 atom stereocenters. The highest BCUT2D eigenvalue weighted by Gasteiger charge is 2.32. The molecule has 0 radical (unpaired) electrons. The third-order valence-electron chi connectivity index (χ3n) is 2.08. The number of carbonyl (C=O) groups excluding carboxylic acids is 1. The second-order valence-corrected chi connectivity index (χ2v) is 4.33. The number of aromatic nitrogens is 2. The van der Waals surface area contributed by atoms with Crippen molar-refractivity contribution < 1.29 is 22.7 Å². The van der Waals surface area contributed by atoms with E-state index in [0.717, 1.165) is 29.5 Å². The Labute approximate surface area is 114 Å². The number of alkyl halides is 3. The smallest absolute Gasteiger partial charge is 0.404 e. The van der Waals surface area contributed by atoms with E-state index >= 15 is 0 Å². The van der Waals surface area contributed by atoms with Crippen molar-refractivity contribution in [2.24, 2.45) is 0 Å². The first-order valence-corrected chi connectivity index (χ1v) is 5.96. The maximum absolute atomic E-state index is 12.1. The van der Waals surface area contributed by atoms with Crippen LogP contribution >= 0.6 is 11.3 Å². The van der Waals surface area contributed by atoms with Crippen LogP contribution < -0.4 is 15.8 Å². The van der Waals surface area contributed by atoms with Crippen LogP contribution in [0.25, 0.3) is 0 Å². The zero-order chi connectivity index (χ0) is 14.8. The Bertz CT molecular complexity index is 615. The van der Waals surface area contributed by atoms with Crippen LogP contribution in [-0.4, -0.2) is 22.5 Å². The minimum Gasteiger partial charge on any atom is -0.404 e. The van der Waals surface area contributed by atoms with E-state index in [2.05, 4.69) is 20.3 Å². The summed E-state index contributed by atoms with van der Waals surface area (Å²) in [6.07, 6.45) is -4.84. The molecule has 0 aliphatic carbocycles. The number of nitrogens with two attached hydrogens (primary N) is 1. The van der Waals surface area contributed by atoms with Gasteiger partial charge >= 0.3 is 6.36 Å². The van der Waals surface area contributed by atoms with Crippen LogP contribution in [-0.2, 0) is 0 Å². The molecule has 0 saturated heterocycles. The molecular formula is C10H7F3N4O2S. The Balaban J connectivity index is 2.14. The fraction of sp³-hybridized carbons (Fsp3) is 0.100. The van der Waals surface area contributed by atoms with Crippen LogP contribution in [0.4, 0.5) is 24.0 Å². The normalized spacial score (nSPS) is 11.2. The van der Waals surface area contributed by atoms with Crippen molar-refractivity contribution in [3.8, 4) is 5.75 Å². The lowest BCUT2D eigenvalue weighted by Crippen LogP contribution is -2.18. The molecule has 0 unspecified atom stereocenters. The Morgan fingerprint density at radius 3 is 2.70 bits per heavy atom. The largest absolute Gasteiger partial charge is 0.573 e. The monoisotopic (exact) mass is 304 g/mol. The van der Waals surface area contributed by atoms with Crippen molar-refractivity contribution in [2.75, 3.05) is 11.1 Å². The summed E-state index contributed by atoms with van der Waals surface area (Å²) in [5.74, 6) is -1.13. The van der Waals surface area contributed by atoms with Crippen molar-refractivity contribution in [3.63, 3.8) is 0 Å². The summed E-state index contributed by atoms with van der Waals surface area (Å²) in [6.45, 7) is 0. The predicted octanol–water partition coefficient (Wildman–Crippen LogP) is 2.27. The van der Waals surface area contributed by atoms with E-state index in [1.165, 1.54) is 5.51 Å². The first-order chi connectivity index (χ1) is 9.35. The summed E-state index contributed by atoms with van der Waals surface area (Å²) in [6, 6.07) is 3.21. The minimum atomic E-state index is -4.84. The van der Waals surface area contributed by atoms with Gasteiger partial charge in [-0.1, -0.05) is 11.3 Å². The molecule has 0 bridgehead atoms. The van der Waals surface area contributed by atoms with Gasteiger partial charge < -0.3 is 10.5 Å². The molecule has 0 spiro atoms. The highest BCUT2D eigenvalue weighted by Crippen LogP contribution is 2.29. The second-order valence-electron chi connectivity index (χ2n) is 3.50. The number of anilines is 2. The molecule has 1 aromatic heterocycles. The van der Waals surface area contributed by atoms with Crippen molar-refractivity contribution >= 4 is 28.1 Å². The average molecular weight is 304 g/mol. The SMILES string of the molecule is Nc1cc(C(=O)Nc2nncs2)ccc1OC(F)(F)F. The van der Waals surface area contributed by atoms with E-state index in [1.807, 2.05) is 0 Å². The number of nitrogens with zero attached hydrogens (tertiary/aromatic N) is 2. The van der Waals surface area contributed by atoms with Crippen LogP contribution in [0.1, 0.15) is 10.4 Å². The lowest BCUT2D eigenvalue weighted by molar-refractivity contribution is -0.274. The number of hydrogen-bond donors (Lipinski definition) is 2. The number of nitrogen functional groups attached to an aromatic ring is 1. The van der Waals surface area contributed by atoms with Gasteiger partial charge in [0.1, 0.15) is 5.51 Å². The number of halogens is 3. The van der Waals surface area contributed by atoms with Crippen LogP contribution in [0.5, 0.6) is 5.75 Å². The van der Waals surface area contributed by atoms with E-state index in [4.69, 9.17) is 5.73 Å². The van der Waals surface area contributed by atoms with E-state index in [1.54, 1.807) is 0 Å². The molecule has 1 aromatic carbocycles. The van der Waals surface area contributed by atoms with Gasteiger partial charge in [0.15, 0.2) is 5.75 Å². The number of rotatable bonds is 3. The molecule has 10 heteroatoms. The van der Waals surface area contributed by atoms with E-state index < -0.39 is 18.0 Å². The van der Waals surface area contributed by atoms with E-state index in [9.17, 15) is 18.0 Å². The van der Waals surface area contributed by atoms with Gasteiger partial charge in [0.25, 0.3) is 5.91 Å². The third kappa shape index (κ3) is 3.57. The topological polar surface area (TPSA) is 90.1 Å². The molecular weight excluding hydrogens is 297 g/mol.